The van der Waals surface area contributed by atoms with E-state index in [1.807, 2.05) is 0 Å². The van der Waals surface area contributed by atoms with Crippen LogP contribution in [0.3, 0.4) is 0 Å². The molecule has 0 heterocycles. The molecule has 0 saturated carbocycles. The standard InChI is InChI=1S/C10H24OSi2.C10H22OSi2/c2*1-12(2,3)10-8-7-9-11-13(4,5)6/h8,10H,7,9H2,1-6H3;7,9H2,1-6H3. The second-order valence-corrected chi connectivity index (χ2v) is 29.6. The summed E-state index contributed by atoms with van der Waals surface area (Å²) in [6.07, 6.45) is 4.26. The van der Waals surface area contributed by atoms with Crippen molar-refractivity contribution in [2.75, 3.05) is 13.2 Å². The second kappa shape index (κ2) is 12.5. The molecule has 0 aromatic heterocycles. The summed E-state index contributed by atoms with van der Waals surface area (Å²) in [6.45, 7) is 28.9. The summed E-state index contributed by atoms with van der Waals surface area (Å²) in [5, 5.41) is 0. The van der Waals surface area contributed by atoms with Gasteiger partial charge < -0.3 is 8.85 Å². The van der Waals surface area contributed by atoms with Crippen molar-refractivity contribution in [2.45, 2.75) is 91.4 Å². The Bertz CT molecular complexity index is 450. The van der Waals surface area contributed by atoms with E-state index in [9.17, 15) is 0 Å². The van der Waals surface area contributed by atoms with Crippen molar-refractivity contribution >= 4 is 32.8 Å². The van der Waals surface area contributed by atoms with Crippen molar-refractivity contribution in [3.05, 3.63) is 11.8 Å². The van der Waals surface area contributed by atoms with Crippen molar-refractivity contribution in [3.63, 3.8) is 0 Å². The maximum atomic E-state index is 5.75. The quantitative estimate of drug-likeness (QED) is 0.240. The summed E-state index contributed by atoms with van der Waals surface area (Å²) in [5.74, 6) is 3.21. The zero-order chi connectivity index (χ0) is 21.1. The molecule has 0 aromatic carbocycles. The van der Waals surface area contributed by atoms with Gasteiger partial charge in [-0.1, -0.05) is 51.1 Å². The van der Waals surface area contributed by atoms with Crippen LogP contribution < -0.4 is 0 Å². The molecule has 0 fully saturated rings. The van der Waals surface area contributed by atoms with E-state index in [0.29, 0.717) is 0 Å². The van der Waals surface area contributed by atoms with E-state index in [-0.39, 0.29) is 0 Å². The van der Waals surface area contributed by atoms with E-state index >= 15 is 0 Å². The molecule has 0 atom stereocenters. The van der Waals surface area contributed by atoms with Crippen LogP contribution in [-0.2, 0) is 8.85 Å². The highest BCUT2D eigenvalue weighted by atomic mass is 28.4. The Hall–Kier alpha value is 0.0875. The maximum Gasteiger partial charge on any atom is 0.183 e. The van der Waals surface area contributed by atoms with Crippen LogP contribution >= 0.6 is 0 Å². The van der Waals surface area contributed by atoms with E-state index in [2.05, 4.69) is 102 Å². The van der Waals surface area contributed by atoms with Gasteiger partial charge in [-0.25, -0.2) is 0 Å². The van der Waals surface area contributed by atoms with Crippen LogP contribution in [0, 0.1) is 11.5 Å². The fraction of sp³-hybridized carbons (Fsp3) is 0.800. The first-order valence-corrected chi connectivity index (χ1v) is 23.8. The molecule has 154 valence electrons. The Morgan fingerprint density at radius 2 is 1.15 bits per heavy atom. The average molecular weight is 431 g/mol. The van der Waals surface area contributed by atoms with Gasteiger partial charge in [-0.2, -0.15) is 0 Å². The van der Waals surface area contributed by atoms with E-state index in [1.165, 1.54) is 0 Å². The van der Waals surface area contributed by atoms with E-state index in [4.69, 9.17) is 8.85 Å². The van der Waals surface area contributed by atoms with Gasteiger partial charge in [0.25, 0.3) is 0 Å². The molecule has 0 spiro atoms. The van der Waals surface area contributed by atoms with Crippen LogP contribution in [0.15, 0.2) is 11.8 Å². The lowest BCUT2D eigenvalue weighted by Gasteiger charge is -2.16. The molecule has 0 rings (SSSR count). The normalized spacial score (nSPS) is 13.1. The molecule has 0 aliphatic carbocycles. The first-order chi connectivity index (χ1) is 11.4. The minimum Gasteiger partial charge on any atom is -0.417 e. The van der Waals surface area contributed by atoms with Crippen LogP contribution in [0.2, 0.25) is 78.6 Å². The van der Waals surface area contributed by atoms with Crippen LogP contribution in [0.5, 0.6) is 0 Å². The van der Waals surface area contributed by atoms with Crippen LogP contribution in [0.1, 0.15) is 12.8 Å². The molecule has 0 N–H and O–H groups in total. The maximum absolute atomic E-state index is 5.75. The molecule has 2 nitrogen and oxygen atoms in total. The van der Waals surface area contributed by atoms with Gasteiger partial charge in [-0.15, -0.1) is 11.5 Å². The highest BCUT2D eigenvalue weighted by molar-refractivity contribution is 6.83. The summed E-state index contributed by atoms with van der Waals surface area (Å²) in [5.41, 5.74) is 5.72. The Morgan fingerprint density at radius 3 is 1.54 bits per heavy atom. The number of hydrogen-bond acceptors (Lipinski definition) is 2. The number of hydrogen-bond donors (Lipinski definition) is 0. The molecule has 0 aliphatic rings. The highest BCUT2D eigenvalue weighted by Crippen LogP contribution is 2.06. The third-order valence-corrected chi connectivity index (χ3v) is 6.97. The molecule has 0 aliphatic heterocycles. The summed E-state index contributed by atoms with van der Waals surface area (Å²) in [6, 6.07) is 0. The molecule has 0 amide bonds. The van der Waals surface area contributed by atoms with E-state index in [0.717, 1.165) is 26.1 Å². The summed E-state index contributed by atoms with van der Waals surface area (Å²) in [4.78, 5) is 0. The SMILES string of the molecule is C[Si](C)(C)C#CCCO[Si](C)(C)C.C[Si](C)(C)C=CCCO[Si](C)(C)C. The summed E-state index contributed by atoms with van der Waals surface area (Å²) in [7, 11) is -4.72. The van der Waals surface area contributed by atoms with Crippen LogP contribution in [0.25, 0.3) is 0 Å². The monoisotopic (exact) mass is 430 g/mol. The second-order valence-electron chi connectivity index (χ2n) is 10.8. The minimum atomic E-state index is -1.31. The van der Waals surface area contributed by atoms with Crippen molar-refractivity contribution in [3.8, 4) is 11.5 Å². The Kier molecular flexibility index (Phi) is 13.6. The van der Waals surface area contributed by atoms with Crippen molar-refractivity contribution in [1.29, 1.82) is 0 Å². The minimum absolute atomic E-state index is 0.813. The zero-order valence-corrected chi connectivity index (χ0v) is 23.8. The molecule has 0 bridgehead atoms. The predicted molar refractivity (Wildman–Crippen MR) is 131 cm³/mol. The molecule has 26 heavy (non-hydrogen) atoms. The Labute approximate surface area is 169 Å². The van der Waals surface area contributed by atoms with Crippen molar-refractivity contribution in [2.24, 2.45) is 0 Å². The van der Waals surface area contributed by atoms with Crippen LogP contribution in [-0.4, -0.2) is 46.0 Å². The van der Waals surface area contributed by atoms with Gasteiger partial charge in [0.1, 0.15) is 8.07 Å². The lowest BCUT2D eigenvalue weighted by Crippen LogP contribution is -2.25. The van der Waals surface area contributed by atoms with Crippen LogP contribution in [0.4, 0.5) is 0 Å². The van der Waals surface area contributed by atoms with E-state index in [1.54, 1.807) is 0 Å². The van der Waals surface area contributed by atoms with Gasteiger partial charge in [0, 0.05) is 19.6 Å². The molecule has 0 radical (unpaired) electrons. The summed E-state index contributed by atoms with van der Waals surface area (Å²) < 4.78 is 11.4. The van der Waals surface area contributed by atoms with Crippen molar-refractivity contribution < 1.29 is 8.85 Å². The first kappa shape index (κ1) is 28.3. The zero-order valence-electron chi connectivity index (χ0n) is 19.8. The molecule has 6 heteroatoms. The van der Waals surface area contributed by atoms with Gasteiger partial charge in [0.2, 0.25) is 0 Å². The van der Waals surface area contributed by atoms with E-state index < -0.39 is 32.8 Å². The van der Waals surface area contributed by atoms with Gasteiger partial charge in [0.05, 0.1) is 8.07 Å². The Balaban J connectivity index is 0. The lowest BCUT2D eigenvalue weighted by atomic mass is 10.5. The smallest absolute Gasteiger partial charge is 0.183 e. The third kappa shape index (κ3) is 31.8. The fourth-order valence-electron chi connectivity index (χ4n) is 1.61. The molecule has 0 unspecified atom stereocenters. The molecular weight excluding hydrogens is 385 g/mol. The molecule has 0 saturated heterocycles. The highest BCUT2D eigenvalue weighted by Gasteiger charge is 2.13. The molecular formula is C20H46O2Si4. The molecule has 0 aromatic rings. The topological polar surface area (TPSA) is 18.5 Å². The Morgan fingerprint density at radius 1 is 0.692 bits per heavy atom. The van der Waals surface area contributed by atoms with Gasteiger partial charge in [0.15, 0.2) is 16.6 Å². The summed E-state index contributed by atoms with van der Waals surface area (Å²) >= 11 is 0. The van der Waals surface area contributed by atoms with Crippen molar-refractivity contribution in [1.82, 2.24) is 0 Å². The van der Waals surface area contributed by atoms with Gasteiger partial charge in [-0.05, 0) is 45.7 Å². The van der Waals surface area contributed by atoms with Gasteiger partial charge >= 0.3 is 0 Å². The third-order valence-electron chi connectivity index (χ3n) is 2.66. The largest absolute Gasteiger partial charge is 0.417 e. The number of rotatable bonds is 8. The lowest BCUT2D eigenvalue weighted by molar-refractivity contribution is 0.319. The fourth-order valence-corrected chi connectivity index (χ4v) is 4.58. The first-order valence-electron chi connectivity index (χ1n) is 9.87. The predicted octanol–water partition coefficient (Wildman–Crippen LogP) is 6.77. The van der Waals surface area contributed by atoms with Gasteiger partial charge in [-0.3, -0.25) is 0 Å². The average Bonchev–Trinajstić information content (AvgIpc) is 2.33.